The van der Waals surface area contributed by atoms with Crippen LogP contribution in [0.5, 0.6) is 11.5 Å². The highest BCUT2D eigenvalue weighted by Gasteiger charge is 2.32. The van der Waals surface area contributed by atoms with E-state index in [1.165, 1.54) is 19.2 Å². The van der Waals surface area contributed by atoms with Crippen LogP contribution >= 0.6 is 0 Å². The molecular formula is C10H9F3O4. The first kappa shape index (κ1) is 13.1. The van der Waals surface area contributed by atoms with E-state index in [1.807, 2.05) is 0 Å². The highest BCUT2D eigenvalue weighted by Crippen LogP contribution is 2.32. The maximum atomic E-state index is 12.1. The number of carbonyl (C=O) groups excluding carboxylic acids is 1. The fourth-order valence-electron chi connectivity index (χ4n) is 1.13. The number of methoxy groups -OCH3 is 2. The fraction of sp³-hybridized carbons (Fsp3) is 0.300. The molecule has 0 heterocycles. The molecule has 0 saturated carbocycles. The molecule has 0 spiro atoms. The summed E-state index contributed by atoms with van der Waals surface area (Å²) in [7, 11) is 2.31. The number of halogens is 3. The predicted octanol–water partition coefficient (Wildman–Crippen LogP) is 2.38. The first-order valence-corrected chi connectivity index (χ1v) is 4.39. The number of hydrogen-bond acceptors (Lipinski definition) is 4. The third-order valence-electron chi connectivity index (χ3n) is 1.81. The van der Waals surface area contributed by atoms with Gasteiger partial charge >= 0.3 is 12.3 Å². The molecule has 0 atom stereocenters. The maximum Gasteiger partial charge on any atom is 0.573 e. The molecule has 1 aromatic rings. The van der Waals surface area contributed by atoms with Crippen LogP contribution in [0.3, 0.4) is 0 Å². The number of benzene rings is 1. The Morgan fingerprint density at radius 2 is 1.82 bits per heavy atom. The minimum absolute atomic E-state index is 0.0625. The lowest BCUT2D eigenvalue weighted by atomic mass is 10.2. The SMILES string of the molecule is COC(=O)c1ccc(OC)c(OC(F)(F)F)c1. The molecule has 0 unspecified atom stereocenters. The van der Waals surface area contributed by atoms with Crippen molar-refractivity contribution >= 4 is 5.97 Å². The number of ether oxygens (including phenoxy) is 3. The van der Waals surface area contributed by atoms with Crippen molar-refractivity contribution in [1.82, 2.24) is 0 Å². The van der Waals surface area contributed by atoms with E-state index in [2.05, 4.69) is 14.2 Å². The summed E-state index contributed by atoms with van der Waals surface area (Å²) in [4.78, 5) is 11.1. The minimum Gasteiger partial charge on any atom is -0.493 e. The monoisotopic (exact) mass is 250 g/mol. The van der Waals surface area contributed by atoms with Gasteiger partial charge in [0.25, 0.3) is 0 Å². The molecule has 0 aromatic heterocycles. The maximum absolute atomic E-state index is 12.1. The summed E-state index contributed by atoms with van der Waals surface area (Å²) >= 11 is 0. The number of esters is 1. The van der Waals surface area contributed by atoms with E-state index in [-0.39, 0.29) is 11.3 Å². The molecule has 0 aliphatic heterocycles. The Labute approximate surface area is 94.9 Å². The summed E-state index contributed by atoms with van der Waals surface area (Å²) in [5.74, 6) is -1.49. The highest BCUT2D eigenvalue weighted by atomic mass is 19.4. The Morgan fingerprint density at radius 1 is 1.18 bits per heavy atom. The van der Waals surface area contributed by atoms with E-state index in [0.717, 1.165) is 13.2 Å². The van der Waals surface area contributed by atoms with Crippen LogP contribution in [0.25, 0.3) is 0 Å². The molecule has 0 aliphatic carbocycles. The van der Waals surface area contributed by atoms with E-state index in [4.69, 9.17) is 0 Å². The smallest absolute Gasteiger partial charge is 0.493 e. The van der Waals surface area contributed by atoms with Gasteiger partial charge in [-0.2, -0.15) is 0 Å². The topological polar surface area (TPSA) is 44.8 Å². The third kappa shape index (κ3) is 3.54. The highest BCUT2D eigenvalue weighted by molar-refractivity contribution is 5.90. The van der Waals surface area contributed by atoms with Crippen LogP contribution in [0.2, 0.25) is 0 Å². The molecule has 17 heavy (non-hydrogen) atoms. The van der Waals surface area contributed by atoms with Crippen molar-refractivity contribution in [3.8, 4) is 11.5 Å². The molecule has 0 aliphatic rings. The second-order valence-electron chi connectivity index (χ2n) is 2.91. The summed E-state index contributed by atoms with van der Waals surface area (Å²) < 4.78 is 49.0. The number of alkyl halides is 3. The fourth-order valence-corrected chi connectivity index (χ4v) is 1.13. The van der Waals surface area contributed by atoms with Crippen LogP contribution in [0, 0.1) is 0 Å². The van der Waals surface area contributed by atoms with Gasteiger partial charge in [-0.15, -0.1) is 13.2 Å². The van der Waals surface area contributed by atoms with Gasteiger partial charge in [0.1, 0.15) is 0 Å². The zero-order valence-corrected chi connectivity index (χ0v) is 9.00. The van der Waals surface area contributed by atoms with Crippen LogP contribution in [0.15, 0.2) is 18.2 Å². The van der Waals surface area contributed by atoms with Crippen molar-refractivity contribution in [2.24, 2.45) is 0 Å². The van der Waals surface area contributed by atoms with Gasteiger partial charge in [0.2, 0.25) is 0 Å². The van der Waals surface area contributed by atoms with Gasteiger partial charge in [-0.1, -0.05) is 0 Å². The third-order valence-corrected chi connectivity index (χ3v) is 1.81. The lowest BCUT2D eigenvalue weighted by Crippen LogP contribution is -2.18. The second kappa shape index (κ2) is 4.94. The van der Waals surface area contributed by atoms with Crippen molar-refractivity contribution in [2.45, 2.75) is 6.36 Å². The van der Waals surface area contributed by atoms with Crippen molar-refractivity contribution < 1.29 is 32.2 Å². The van der Waals surface area contributed by atoms with Gasteiger partial charge in [0, 0.05) is 0 Å². The van der Waals surface area contributed by atoms with Crippen molar-refractivity contribution in [3.63, 3.8) is 0 Å². The molecule has 0 amide bonds. The summed E-state index contributed by atoms with van der Waals surface area (Å²) in [6.45, 7) is 0. The summed E-state index contributed by atoms with van der Waals surface area (Å²) in [6.07, 6.45) is -4.86. The first-order chi connectivity index (χ1) is 7.87. The number of carbonyl (C=O) groups is 1. The summed E-state index contributed by atoms with van der Waals surface area (Å²) in [6, 6.07) is 3.36. The van der Waals surface area contributed by atoms with Crippen LogP contribution < -0.4 is 9.47 Å². The molecule has 1 aromatic carbocycles. The lowest BCUT2D eigenvalue weighted by Gasteiger charge is -2.13. The zero-order valence-electron chi connectivity index (χ0n) is 9.00. The predicted molar refractivity (Wildman–Crippen MR) is 51.0 cm³/mol. The quantitative estimate of drug-likeness (QED) is 0.772. The van der Waals surface area contributed by atoms with Crippen molar-refractivity contribution in [1.29, 1.82) is 0 Å². The van der Waals surface area contributed by atoms with Gasteiger partial charge in [-0.25, -0.2) is 4.79 Å². The Hall–Kier alpha value is -1.92. The van der Waals surface area contributed by atoms with E-state index in [0.29, 0.717) is 0 Å². The van der Waals surface area contributed by atoms with Gasteiger partial charge in [0.15, 0.2) is 11.5 Å². The lowest BCUT2D eigenvalue weighted by molar-refractivity contribution is -0.275. The molecule has 0 fully saturated rings. The standard InChI is InChI=1S/C10H9F3O4/c1-15-7-4-3-6(9(14)16-2)5-8(7)17-10(11,12)13/h3-5H,1-2H3. The molecule has 0 saturated heterocycles. The average Bonchev–Trinajstić information content (AvgIpc) is 2.25. The van der Waals surface area contributed by atoms with Crippen LogP contribution in [0.1, 0.15) is 10.4 Å². The molecule has 4 nitrogen and oxygen atoms in total. The Balaban J connectivity index is 3.11. The molecule has 1 rings (SSSR count). The minimum atomic E-state index is -4.86. The van der Waals surface area contributed by atoms with E-state index >= 15 is 0 Å². The molecule has 0 N–H and O–H groups in total. The number of rotatable bonds is 3. The molecule has 0 bridgehead atoms. The number of hydrogen-bond donors (Lipinski definition) is 0. The first-order valence-electron chi connectivity index (χ1n) is 4.39. The van der Waals surface area contributed by atoms with Crippen molar-refractivity contribution in [3.05, 3.63) is 23.8 Å². The van der Waals surface area contributed by atoms with Gasteiger partial charge < -0.3 is 14.2 Å². The average molecular weight is 250 g/mol. The van der Waals surface area contributed by atoms with Gasteiger partial charge in [0.05, 0.1) is 19.8 Å². The van der Waals surface area contributed by atoms with Crippen molar-refractivity contribution in [2.75, 3.05) is 14.2 Å². The Bertz CT molecular complexity index is 415. The Morgan fingerprint density at radius 3 is 2.29 bits per heavy atom. The second-order valence-corrected chi connectivity index (χ2v) is 2.91. The largest absolute Gasteiger partial charge is 0.573 e. The molecule has 0 radical (unpaired) electrons. The normalized spacial score (nSPS) is 10.9. The van der Waals surface area contributed by atoms with Gasteiger partial charge in [-0.05, 0) is 18.2 Å². The molecular weight excluding hydrogens is 241 g/mol. The van der Waals surface area contributed by atoms with E-state index < -0.39 is 18.1 Å². The van der Waals surface area contributed by atoms with E-state index in [1.54, 1.807) is 0 Å². The van der Waals surface area contributed by atoms with Crippen LogP contribution in [0.4, 0.5) is 13.2 Å². The van der Waals surface area contributed by atoms with Crippen LogP contribution in [-0.2, 0) is 4.74 Å². The summed E-state index contributed by atoms with van der Waals surface area (Å²) in [5.41, 5.74) is -0.0625. The molecule has 7 heteroatoms. The van der Waals surface area contributed by atoms with Crippen LogP contribution in [-0.4, -0.2) is 26.6 Å². The van der Waals surface area contributed by atoms with E-state index in [9.17, 15) is 18.0 Å². The molecule has 94 valence electrons. The zero-order chi connectivity index (χ0) is 13.1. The Kier molecular flexibility index (Phi) is 3.82. The van der Waals surface area contributed by atoms with Gasteiger partial charge in [-0.3, -0.25) is 0 Å². The summed E-state index contributed by atoms with van der Waals surface area (Å²) in [5, 5.41) is 0.